The van der Waals surface area contributed by atoms with Gasteiger partial charge >= 0.3 is 0 Å². The SMILES string of the molecule is CCNc1ccnc(C(=O)N(C)C2CCOCC2)c1. The van der Waals surface area contributed by atoms with Crippen LogP contribution >= 0.6 is 0 Å². The Hall–Kier alpha value is -1.62. The number of carbonyl (C=O) groups excluding carboxylic acids is 1. The van der Waals surface area contributed by atoms with Gasteiger partial charge in [0.15, 0.2) is 0 Å². The van der Waals surface area contributed by atoms with E-state index in [1.807, 2.05) is 26.1 Å². The number of amides is 1. The van der Waals surface area contributed by atoms with Crippen molar-refractivity contribution in [1.82, 2.24) is 9.88 Å². The van der Waals surface area contributed by atoms with Crippen molar-refractivity contribution >= 4 is 11.6 Å². The first kappa shape index (κ1) is 13.8. The van der Waals surface area contributed by atoms with Crippen molar-refractivity contribution in [1.29, 1.82) is 0 Å². The van der Waals surface area contributed by atoms with Gasteiger partial charge in [-0.15, -0.1) is 0 Å². The predicted molar refractivity (Wildman–Crippen MR) is 74.3 cm³/mol. The summed E-state index contributed by atoms with van der Waals surface area (Å²) in [5.74, 6) is -0.0216. The highest BCUT2D eigenvalue weighted by molar-refractivity contribution is 5.93. The third kappa shape index (κ3) is 3.44. The zero-order valence-corrected chi connectivity index (χ0v) is 11.6. The van der Waals surface area contributed by atoms with E-state index >= 15 is 0 Å². The molecule has 0 atom stereocenters. The maximum absolute atomic E-state index is 12.4. The number of ether oxygens (including phenoxy) is 1. The van der Waals surface area contributed by atoms with E-state index in [1.165, 1.54) is 0 Å². The molecule has 1 aromatic rings. The summed E-state index contributed by atoms with van der Waals surface area (Å²) in [6.45, 7) is 4.31. The van der Waals surface area contributed by atoms with E-state index < -0.39 is 0 Å². The van der Waals surface area contributed by atoms with Gasteiger partial charge in [-0.25, -0.2) is 0 Å². The molecule has 104 valence electrons. The number of anilines is 1. The van der Waals surface area contributed by atoms with Crippen molar-refractivity contribution in [2.45, 2.75) is 25.8 Å². The topological polar surface area (TPSA) is 54.5 Å². The molecule has 0 bridgehead atoms. The van der Waals surface area contributed by atoms with Crippen molar-refractivity contribution < 1.29 is 9.53 Å². The summed E-state index contributed by atoms with van der Waals surface area (Å²) in [6, 6.07) is 3.93. The highest BCUT2D eigenvalue weighted by Gasteiger charge is 2.24. The molecule has 1 amide bonds. The van der Waals surface area contributed by atoms with Crippen LogP contribution in [0.2, 0.25) is 0 Å². The fraction of sp³-hybridized carbons (Fsp3) is 0.571. The maximum atomic E-state index is 12.4. The van der Waals surface area contributed by atoms with Gasteiger partial charge in [0.25, 0.3) is 5.91 Å². The van der Waals surface area contributed by atoms with E-state index in [0.29, 0.717) is 5.69 Å². The van der Waals surface area contributed by atoms with Crippen LogP contribution < -0.4 is 5.32 Å². The Kier molecular flexibility index (Phi) is 4.74. The monoisotopic (exact) mass is 263 g/mol. The van der Waals surface area contributed by atoms with Crippen LogP contribution in [-0.2, 0) is 4.74 Å². The maximum Gasteiger partial charge on any atom is 0.272 e. The van der Waals surface area contributed by atoms with Crippen LogP contribution in [0.1, 0.15) is 30.3 Å². The summed E-state index contributed by atoms with van der Waals surface area (Å²) in [5.41, 5.74) is 1.42. The van der Waals surface area contributed by atoms with Crippen LogP contribution in [0.4, 0.5) is 5.69 Å². The molecule has 1 N–H and O–H groups in total. The van der Waals surface area contributed by atoms with Crippen molar-refractivity contribution in [3.8, 4) is 0 Å². The van der Waals surface area contributed by atoms with Crippen LogP contribution in [0.5, 0.6) is 0 Å². The van der Waals surface area contributed by atoms with Gasteiger partial charge in [0.05, 0.1) is 0 Å². The number of pyridine rings is 1. The van der Waals surface area contributed by atoms with E-state index in [4.69, 9.17) is 4.74 Å². The first-order chi connectivity index (χ1) is 9.22. The Labute approximate surface area is 114 Å². The molecule has 0 spiro atoms. The Morgan fingerprint density at radius 3 is 2.95 bits per heavy atom. The molecular formula is C14H21N3O2. The number of carbonyl (C=O) groups is 1. The van der Waals surface area contributed by atoms with Crippen molar-refractivity contribution in [3.05, 3.63) is 24.0 Å². The molecule has 19 heavy (non-hydrogen) atoms. The zero-order valence-electron chi connectivity index (χ0n) is 11.6. The van der Waals surface area contributed by atoms with Gasteiger partial charge < -0.3 is 15.0 Å². The second kappa shape index (κ2) is 6.52. The molecule has 1 aromatic heterocycles. The van der Waals surface area contributed by atoms with E-state index in [1.54, 1.807) is 11.1 Å². The van der Waals surface area contributed by atoms with Crippen molar-refractivity contribution in [2.75, 3.05) is 32.1 Å². The van der Waals surface area contributed by atoms with Gasteiger partial charge in [0.1, 0.15) is 5.69 Å². The quantitative estimate of drug-likeness (QED) is 0.899. The Bertz CT molecular complexity index is 430. The largest absolute Gasteiger partial charge is 0.385 e. The first-order valence-corrected chi connectivity index (χ1v) is 6.77. The molecule has 2 heterocycles. The molecule has 5 nitrogen and oxygen atoms in total. The number of rotatable bonds is 4. The van der Waals surface area contributed by atoms with Crippen LogP contribution in [0, 0.1) is 0 Å². The molecule has 1 aliphatic rings. The lowest BCUT2D eigenvalue weighted by Crippen LogP contribution is -2.40. The van der Waals surface area contributed by atoms with Crippen LogP contribution in [0.15, 0.2) is 18.3 Å². The van der Waals surface area contributed by atoms with Gasteiger partial charge in [-0.1, -0.05) is 0 Å². The van der Waals surface area contributed by atoms with Gasteiger partial charge in [0, 0.05) is 44.7 Å². The third-order valence-electron chi connectivity index (χ3n) is 3.42. The molecule has 0 saturated carbocycles. The molecular weight excluding hydrogens is 242 g/mol. The van der Waals surface area contributed by atoms with Crippen LogP contribution in [0.3, 0.4) is 0 Å². The van der Waals surface area contributed by atoms with Crippen molar-refractivity contribution in [3.63, 3.8) is 0 Å². The van der Waals surface area contributed by atoms with E-state index in [-0.39, 0.29) is 11.9 Å². The smallest absolute Gasteiger partial charge is 0.272 e. The lowest BCUT2D eigenvalue weighted by atomic mass is 10.1. The van der Waals surface area contributed by atoms with Crippen LogP contribution in [0.25, 0.3) is 0 Å². The van der Waals surface area contributed by atoms with Crippen molar-refractivity contribution in [2.24, 2.45) is 0 Å². The van der Waals surface area contributed by atoms with Crippen LogP contribution in [-0.4, -0.2) is 48.6 Å². The normalized spacial score (nSPS) is 16.1. The lowest BCUT2D eigenvalue weighted by molar-refractivity contribution is 0.0359. The Morgan fingerprint density at radius 1 is 1.53 bits per heavy atom. The molecule has 2 rings (SSSR count). The number of aromatic nitrogens is 1. The second-order valence-electron chi connectivity index (χ2n) is 4.72. The molecule has 1 aliphatic heterocycles. The zero-order chi connectivity index (χ0) is 13.7. The highest BCUT2D eigenvalue weighted by atomic mass is 16.5. The number of hydrogen-bond acceptors (Lipinski definition) is 4. The molecule has 0 aliphatic carbocycles. The van der Waals surface area contributed by atoms with Gasteiger partial charge in [0.2, 0.25) is 0 Å². The minimum Gasteiger partial charge on any atom is -0.385 e. The number of hydrogen-bond donors (Lipinski definition) is 1. The van der Waals surface area contributed by atoms with Gasteiger partial charge in [-0.05, 0) is 31.9 Å². The van der Waals surface area contributed by atoms with E-state index in [9.17, 15) is 4.79 Å². The summed E-state index contributed by atoms with van der Waals surface area (Å²) in [7, 11) is 1.85. The summed E-state index contributed by atoms with van der Waals surface area (Å²) >= 11 is 0. The number of nitrogens with one attached hydrogen (secondary N) is 1. The molecule has 0 aromatic carbocycles. The van der Waals surface area contributed by atoms with Gasteiger partial charge in [-0.3, -0.25) is 9.78 Å². The first-order valence-electron chi connectivity index (χ1n) is 6.77. The fourth-order valence-electron chi connectivity index (χ4n) is 2.28. The average molecular weight is 263 g/mol. The molecule has 0 unspecified atom stereocenters. The minimum atomic E-state index is -0.0216. The minimum absolute atomic E-state index is 0.0216. The molecule has 0 radical (unpaired) electrons. The summed E-state index contributed by atoms with van der Waals surface area (Å²) in [6.07, 6.45) is 3.47. The Balaban J connectivity index is 2.07. The molecule has 5 heteroatoms. The van der Waals surface area contributed by atoms with E-state index in [2.05, 4.69) is 10.3 Å². The summed E-state index contributed by atoms with van der Waals surface area (Å²) in [5, 5.41) is 3.19. The number of nitrogens with zero attached hydrogens (tertiary/aromatic N) is 2. The fourth-order valence-corrected chi connectivity index (χ4v) is 2.28. The Morgan fingerprint density at radius 2 is 2.26 bits per heavy atom. The lowest BCUT2D eigenvalue weighted by Gasteiger charge is -2.31. The predicted octanol–water partition coefficient (Wildman–Crippen LogP) is 1.76. The third-order valence-corrected chi connectivity index (χ3v) is 3.42. The van der Waals surface area contributed by atoms with E-state index in [0.717, 1.165) is 38.3 Å². The average Bonchev–Trinajstić information content (AvgIpc) is 2.47. The molecule has 1 saturated heterocycles. The highest BCUT2D eigenvalue weighted by Crippen LogP contribution is 2.16. The second-order valence-corrected chi connectivity index (χ2v) is 4.72. The molecule has 1 fully saturated rings. The summed E-state index contributed by atoms with van der Waals surface area (Å²) in [4.78, 5) is 18.4. The standard InChI is InChI=1S/C14H21N3O2/c1-3-15-11-4-7-16-13(10-11)14(18)17(2)12-5-8-19-9-6-12/h4,7,10,12H,3,5-6,8-9H2,1-2H3,(H,15,16). The summed E-state index contributed by atoms with van der Waals surface area (Å²) < 4.78 is 5.32. The van der Waals surface area contributed by atoms with Gasteiger partial charge in [-0.2, -0.15) is 0 Å².